The molecule has 1 saturated carbocycles. The third-order valence-electron chi connectivity index (χ3n) is 3.39. The van der Waals surface area contributed by atoms with Crippen molar-refractivity contribution in [3.05, 3.63) is 16.1 Å². The number of rotatable bonds is 3. The Morgan fingerprint density at radius 2 is 2.28 bits per heavy atom. The Hall–Kier alpha value is -0.650. The molecule has 1 aliphatic rings. The van der Waals surface area contributed by atoms with Gasteiger partial charge in [0.2, 0.25) is 0 Å². The van der Waals surface area contributed by atoms with Gasteiger partial charge in [0, 0.05) is 18.0 Å². The summed E-state index contributed by atoms with van der Waals surface area (Å²) in [6.07, 6.45) is 4.78. The fraction of sp³-hybridized carbons (Fsp3) is 0.667. The van der Waals surface area contributed by atoms with Crippen molar-refractivity contribution in [2.75, 3.05) is 0 Å². The average molecular weight is 290 g/mol. The molecule has 0 radical (unpaired) electrons. The van der Waals surface area contributed by atoms with Crippen molar-refractivity contribution in [1.82, 2.24) is 10.3 Å². The van der Waals surface area contributed by atoms with Crippen LogP contribution in [0.4, 0.5) is 0 Å². The summed E-state index contributed by atoms with van der Waals surface area (Å²) in [7, 11) is 0. The lowest BCUT2D eigenvalue weighted by atomic mass is 9.86. The highest BCUT2D eigenvalue weighted by Gasteiger charge is 2.23. The zero-order chi connectivity index (χ0) is 12.3. The van der Waals surface area contributed by atoms with Gasteiger partial charge in [-0.15, -0.1) is 23.7 Å². The molecular weight excluding hydrogens is 270 g/mol. The third kappa shape index (κ3) is 3.67. The van der Waals surface area contributed by atoms with Crippen LogP contribution in [0, 0.1) is 5.92 Å². The molecule has 1 amide bonds. The highest BCUT2D eigenvalue weighted by Crippen LogP contribution is 2.24. The first-order valence-corrected chi connectivity index (χ1v) is 7.04. The lowest BCUT2D eigenvalue weighted by Crippen LogP contribution is -2.41. The Morgan fingerprint density at radius 3 is 2.89 bits per heavy atom. The summed E-state index contributed by atoms with van der Waals surface area (Å²) >= 11 is 1.44. The number of hydrogen-bond donors (Lipinski definition) is 2. The van der Waals surface area contributed by atoms with Crippen LogP contribution < -0.4 is 11.1 Å². The van der Waals surface area contributed by atoms with Gasteiger partial charge in [0.25, 0.3) is 5.91 Å². The summed E-state index contributed by atoms with van der Waals surface area (Å²) in [4.78, 5) is 16.2. The fourth-order valence-corrected chi connectivity index (χ4v) is 2.94. The smallest absolute Gasteiger partial charge is 0.270 e. The number of carbonyl (C=O) groups is 1. The van der Waals surface area contributed by atoms with E-state index in [1.54, 1.807) is 5.38 Å². The van der Waals surface area contributed by atoms with Crippen LogP contribution >= 0.6 is 23.7 Å². The summed E-state index contributed by atoms with van der Waals surface area (Å²) in [5, 5.41) is 5.68. The Labute approximate surface area is 118 Å². The average Bonchev–Trinajstić information content (AvgIpc) is 2.81. The Kier molecular flexibility index (Phi) is 6.05. The van der Waals surface area contributed by atoms with E-state index in [0.29, 0.717) is 24.2 Å². The van der Waals surface area contributed by atoms with Crippen LogP contribution in [-0.4, -0.2) is 16.9 Å². The van der Waals surface area contributed by atoms with Crippen LogP contribution in [0.2, 0.25) is 0 Å². The van der Waals surface area contributed by atoms with Crippen molar-refractivity contribution in [3.8, 4) is 0 Å². The molecule has 1 aromatic heterocycles. The normalized spacial score (nSPS) is 23.2. The van der Waals surface area contributed by atoms with Gasteiger partial charge in [0.15, 0.2) is 0 Å². The van der Waals surface area contributed by atoms with Gasteiger partial charge in [-0.3, -0.25) is 4.79 Å². The Morgan fingerprint density at radius 1 is 1.56 bits per heavy atom. The van der Waals surface area contributed by atoms with Gasteiger partial charge in [-0.2, -0.15) is 0 Å². The molecule has 2 unspecified atom stereocenters. The largest absolute Gasteiger partial charge is 0.348 e. The molecule has 0 aromatic carbocycles. The number of nitrogens with zero attached hydrogens (tertiary/aromatic N) is 1. The monoisotopic (exact) mass is 289 g/mol. The number of thiazole rings is 1. The van der Waals surface area contributed by atoms with Crippen LogP contribution in [0.1, 0.15) is 48.1 Å². The van der Waals surface area contributed by atoms with Crippen LogP contribution in [0.5, 0.6) is 0 Å². The zero-order valence-corrected chi connectivity index (χ0v) is 12.1. The van der Waals surface area contributed by atoms with Crippen molar-refractivity contribution >= 4 is 29.7 Å². The van der Waals surface area contributed by atoms with Crippen LogP contribution in [0.3, 0.4) is 0 Å². The van der Waals surface area contributed by atoms with Crippen molar-refractivity contribution in [1.29, 1.82) is 0 Å². The van der Waals surface area contributed by atoms with E-state index in [2.05, 4.69) is 17.2 Å². The van der Waals surface area contributed by atoms with Gasteiger partial charge >= 0.3 is 0 Å². The highest BCUT2D eigenvalue weighted by molar-refractivity contribution is 7.09. The van der Waals surface area contributed by atoms with Gasteiger partial charge < -0.3 is 11.1 Å². The minimum atomic E-state index is -0.0558. The standard InChI is InChI=1S/C12H19N3OS.ClH/c1-8-4-2-3-5-9(8)15-12(16)10-7-17-11(6-13)14-10;/h7-9H,2-6,13H2,1H3,(H,15,16);1H. The summed E-state index contributed by atoms with van der Waals surface area (Å²) in [5.74, 6) is 0.514. The predicted molar refractivity (Wildman–Crippen MR) is 76.1 cm³/mol. The molecule has 18 heavy (non-hydrogen) atoms. The first-order valence-electron chi connectivity index (χ1n) is 6.16. The molecule has 0 bridgehead atoms. The molecule has 0 saturated heterocycles. The summed E-state index contributed by atoms with van der Waals surface area (Å²) in [5.41, 5.74) is 5.99. The van der Waals surface area contributed by atoms with E-state index < -0.39 is 0 Å². The fourth-order valence-electron chi connectivity index (χ4n) is 2.28. The van der Waals surface area contributed by atoms with E-state index in [4.69, 9.17) is 5.73 Å². The molecule has 1 aliphatic carbocycles. The lowest BCUT2D eigenvalue weighted by Gasteiger charge is -2.29. The van der Waals surface area contributed by atoms with E-state index in [0.717, 1.165) is 11.4 Å². The highest BCUT2D eigenvalue weighted by atomic mass is 35.5. The summed E-state index contributed by atoms with van der Waals surface area (Å²) in [6.45, 7) is 2.61. The zero-order valence-electron chi connectivity index (χ0n) is 10.5. The molecule has 1 heterocycles. The maximum absolute atomic E-state index is 12.0. The number of nitrogens with one attached hydrogen (secondary N) is 1. The van der Waals surface area contributed by atoms with Gasteiger partial charge in [-0.05, 0) is 18.8 Å². The SMILES string of the molecule is CC1CCCCC1NC(=O)c1csc(CN)n1.Cl. The van der Waals surface area contributed by atoms with Crippen molar-refractivity contribution in [3.63, 3.8) is 0 Å². The van der Waals surface area contributed by atoms with Crippen LogP contribution in [0.25, 0.3) is 0 Å². The van der Waals surface area contributed by atoms with Crippen molar-refractivity contribution in [2.45, 2.75) is 45.2 Å². The Balaban J connectivity index is 0.00000162. The van der Waals surface area contributed by atoms with Gasteiger partial charge in [-0.25, -0.2) is 4.98 Å². The van der Waals surface area contributed by atoms with Crippen molar-refractivity contribution in [2.24, 2.45) is 11.7 Å². The Bertz CT molecular complexity index is 396. The molecule has 2 atom stereocenters. The second kappa shape index (κ2) is 7.07. The minimum absolute atomic E-state index is 0. The number of hydrogen-bond acceptors (Lipinski definition) is 4. The number of halogens is 1. The third-order valence-corrected chi connectivity index (χ3v) is 4.26. The molecular formula is C12H20ClN3OS. The predicted octanol–water partition coefficient (Wildman–Crippen LogP) is 2.33. The number of nitrogens with two attached hydrogens (primary N) is 1. The molecule has 6 heteroatoms. The number of amides is 1. The molecule has 1 aromatic rings. The summed E-state index contributed by atoms with van der Waals surface area (Å²) < 4.78 is 0. The second-order valence-electron chi connectivity index (χ2n) is 4.67. The minimum Gasteiger partial charge on any atom is -0.348 e. The van der Waals surface area contributed by atoms with E-state index in [9.17, 15) is 4.79 Å². The maximum atomic E-state index is 12.0. The molecule has 0 spiro atoms. The quantitative estimate of drug-likeness (QED) is 0.897. The topological polar surface area (TPSA) is 68.0 Å². The molecule has 4 nitrogen and oxygen atoms in total. The molecule has 102 valence electrons. The van der Waals surface area contributed by atoms with Gasteiger partial charge in [-0.1, -0.05) is 19.8 Å². The van der Waals surface area contributed by atoms with E-state index in [1.165, 1.54) is 30.6 Å². The van der Waals surface area contributed by atoms with Gasteiger partial charge in [0.1, 0.15) is 10.7 Å². The van der Waals surface area contributed by atoms with Gasteiger partial charge in [0.05, 0.1) is 0 Å². The van der Waals surface area contributed by atoms with Crippen LogP contribution in [-0.2, 0) is 6.54 Å². The van der Waals surface area contributed by atoms with E-state index >= 15 is 0 Å². The first-order chi connectivity index (χ1) is 8.20. The summed E-state index contributed by atoms with van der Waals surface area (Å²) in [6, 6.07) is 0.305. The number of aromatic nitrogens is 1. The maximum Gasteiger partial charge on any atom is 0.270 e. The van der Waals surface area contributed by atoms with E-state index in [-0.39, 0.29) is 18.3 Å². The molecule has 3 N–H and O–H groups in total. The second-order valence-corrected chi connectivity index (χ2v) is 5.61. The molecule has 0 aliphatic heterocycles. The van der Waals surface area contributed by atoms with Crippen LogP contribution in [0.15, 0.2) is 5.38 Å². The number of carbonyl (C=O) groups excluding carboxylic acids is 1. The lowest BCUT2D eigenvalue weighted by molar-refractivity contribution is 0.0905. The van der Waals surface area contributed by atoms with Crippen molar-refractivity contribution < 1.29 is 4.79 Å². The first kappa shape index (κ1) is 15.4. The van der Waals surface area contributed by atoms with E-state index in [1.807, 2.05) is 0 Å². The molecule has 2 rings (SSSR count). The molecule has 1 fully saturated rings.